The molecule has 0 bridgehead atoms. The van der Waals surface area contributed by atoms with E-state index >= 15 is 0 Å². The van der Waals surface area contributed by atoms with E-state index < -0.39 is 0 Å². The SMILES string of the molecule is CCCN(CCC)C(=O)C=Cc1ccccc1O. The molecule has 1 rings (SSSR count). The molecule has 0 aliphatic carbocycles. The van der Waals surface area contributed by atoms with Gasteiger partial charge in [0.05, 0.1) is 0 Å². The van der Waals surface area contributed by atoms with E-state index in [-0.39, 0.29) is 11.7 Å². The minimum atomic E-state index is 0.00181. The highest BCUT2D eigenvalue weighted by Gasteiger charge is 2.07. The molecular formula is C15H21NO2. The molecule has 0 radical (unpaired) electrons. The highest BCUT2D eigenvalue weighted by Crippen LogP contribution is 2.17. The average Bonchev–Trinajstić information content (AvgIpc) is 2.37. The van der Waals surface area contributed by atoms with Crippen molar-refractivity contribution in [3.8, 4) is 5.75 Å². The van der Waals surface area contributed by atoms with Gasteiger partial charge in [0.1, 0.15) is 5.75 Å². The Bertz CT molecular complexity index is 407. The number of amides is 1. The maximum absolute atomic E-state index is 12.0. The molecule has 0 fully saturated rings. The third-order valence-electron chi connectivity index (χ3n) is 2.64. The van der Waals surface area contributed by atoms with Gasteiger partial charge in [-0.25, -0.2) is 0 Å². The highest BCUT2D eigenvalue weighted by atomic mass is 16.3. The van der Waals surface area contributed by atoms with Crippen LogP contribution in [0.15, 0.2) is 30.3 Å². The monoisotopic (exact) mass is 247 g/mol. The Balaban J connectivity index is 2.70. The van der Waals surface area contributed by atoms with E-state index in [9.17, 15) is 9.90 Å². The third-order valence-corrected chi connectivity index (χ3v) is 2.64. The first kappa shape index (κ1) is 14.3. The van der Waals surface area contributed by atoms with Crippen molar-refractivity contribution in [2.24, 2.45) is 0 Å². The molecule has 0 aliphatic rings. The smallest absolute Gasteiger partial charge is 0.246 e. The molecule has 0 spiro atoms. The van der Waals surface area contributed by atoms with Crippen LogP contribution in [-0.4, -0.2) is 29.0 Å². The van der Waals surface area contributed by atoms with Gasteiger partial charge in [-0.1, -0.05) is 32.0 Å². The van der Waals surface area contributed by atoms with Crippen molar-refractivity contribution in [2.75, 3.05) is 13.1 Å². The lowest BCUT2D eigenvalue weighted by molar-refractivity contribution is -0.126. The Morgan fingerprint density at radius 1 is 1.22 bits per heavy atom. The topological polar surface area (TPSA) is 40.5 Å². The Labute approximate surface area is 109 Å². The molecular weight excluding hydrogens is 226 g/mol. The summed E-state index contributed by atoms with van der Waals surface area (Å²) in [5.41, 5.74) is 0.666. The number of para-hydroxylation sites is 1. The first-order valence-corrected chi connectivity index (χ1v) is 6.44. The zero-order valence-corrected chi connectivity index (χ0v) is 11.1. The van der Waals surface area contributed by atoms with E-state index in [1.165, 1.54) is 6.08 Å². The fourth-order valence-corrected chi connectivity index (χ4v) is 1.77. The molecule has 0 aromatic heterocycles. The van der Waals surface area contributed by atoms with Crippen LogP contribution in [0.5, 0.6) is 5.75 Å². The summed E-state index contributed by atoms with van der Waals surface area (Å²) in [6.07, 6.45) is 5.10. The van der Waals surface area contributed by atoms with Crippen LogP contribution in [-0.2, 0) is 4.79 Å². The molecule has 3 heteroatoms. The van der Waals surface area contributed by atoms with Gasteiger partial charge in [0, 0.05) is 24.7 Å². The Kier molecular flexibility index (Phi) is 5.98. The molecule has 98 valence electrons. The summed E-state index contributed by atoms with van der Waals surface area (Å²) >= 11 is 0. The Morgan fingerprint density at radius 3 is 2.39 bits per heavy atom. The number of hydrogen-bond acceptors (Lipinski definition) is 2. The Hall–Kier alpha value is -1.77. The lowest BCUT2D eigenvalue weighted by atomic mass is 10.2. The van der Waals surface area contributed by atoms with Crippen molar-refractivity contribution >= 4 is 12.0 Å². The van der Waals surface area contributed by atoms with Crippen LogP contribution >= 0.6 is 0 Å². The average molecular weight is 247 g/mol. The van der Waals surface area contributed by atoms with Crippen LogP contribution in [0, 0.1) is 0 Å². The summed E-state index contributed by atoms with van der Waals surface area (Å²) in [5.74, 6) is 0.195. The summed E-state index contributed by atoms with van der Waals surface area (Å²) in [4.78, 5) is 13.8. The van der Waals surface area contributed by atoms with Crippen molar-refractivity contribution in [3.05, 3.63) is 35.9 Å². The summed E-state index contributed by atoms with van der Waals surface area (Å²) in [6.45, 7) is 5.67. The standard InChI is InChI=1S/C15H21NO2/c1-3-11-16(12-4-2)15(18)10-9-13-7-5-6-8-14(13)17/h5-10,17H,3-4,11-12H2,1-2H3. The van der Waals surface area contributed by atoms with Crippen LogP contribution in [0.1, 0.15) is 32.3 Å². The molecule has 1 aromatic carbocycles. The first-order valence-electron chi connectivity index (χ1n) is 6.44. The second-order valence-corrected chi connectivity index (χ2v) is 4.22. The fourth-order valence-electron chi connectivity index (χ4n) is 1.77. The van der Waals surface area contributed by atoms with E-state index in [1.807, 2.05) is 11.0 Å². The first-order chi connectivity index (χ1) is 8.69. The molecule has 0 saturated carbocycles. The van der Waals surface area contributed by atoms with E-state index in [1.54, 1.807) is 24.3 Å². The summed E-state index contributed by atoms with van der Waals surface area (Å²) < 4.78 is 0. The van der Waals surface area contributed by atoms with E-state index in [4.69, 9.17) is 0 Å². The number of carbonyl (C=O) groups is 1. The van der Waals surface area contributed by atoms with Crippen molar-refractivity contribution in [3.63, 3.8) is 0 Å². The van der Waals surface area contributed by atoms with E-state index in [0.29, 0.717) is 5.56 Å². The van der Waals surface area contributed by atoms with Crippen LogP contribution in [0.2, 0.25) is 0 Å². The predicted molar refractivity (Wildman–Crippen MR) is 74.3 cm³/mol. The number of phenols is 1. The zero-order chi connectivity index (χ0) is 13.4. The molecule has 0 saturated heterocycles. The number of rotatable bonds is 6. The molecule has 0 heterocycles. The number of aromatic hydroxyl groups is 1. The number of hydrogen-bond donors (Lipinski definition) is 1. The molecule has 1 aromatic rings. The van der Waals surface area contributed by atoms with E-state index in [0.717, 1.165) is 25.9 Å². The van der Waals surface area contributed by atoms with Crippen molar-refractivity contribution < 1.29 is 9.90 Å². The van der Waals surface area contributed by atoms with Gasteiger partial charge in [0.25, 0.3) is 0 Å². The third kappa shape index (κ3) is 4.24. The van der Waals surface area contributed by atoms with Crippen molar-refractivity contribution in [2.45, 2.75) is 26.7 Å². The minimum Gasteiger partial charge on any atom is -0.507 e. The maximum atomic E-state index is 12.0. The number of benzene rings is 1. The number of nitrogens with zero attached hydrogens (tertiary/aromatic N) is 1. The highest BCUT2D eigenvalue weighted by molar-refractivity contribution is 5.92. The molecule has 1 N–H and O–H groups in total. The van der Waals surface area contributed by atoms with Crippen LogP contribution in [0.25, 0.3) is 6.08 Å². The summed E-state index contributed by atoms with van der Waals surface area (Å²) in [7, 11) is 0. The molecule has 0 aliphatic heterocycles. The van der Waals surface area contributed by atoms with Gasteiger partial charge in [-0.05, 0) is 25.0 Å². The van der Waals surface area contributed by atoms with Crippen LogP contribution in [0.4, 0.5) is 0 Å². The lowest BCUT2D eigenvalue weighted by Crippen LogP contribution is -2.30. The van der Waals surface area contributed by atoms with Gasteiger partial charge < -0.3 is 10.0 Å². The van der Waals surface area contributed by atoms with Gasteiger partial charge >= 0.3 is 0 Å². The van der Waals surface area contributed by atoms with Gasteiger partial charge in [0.2, 0.25) is 5.91 Å². The Morgan fingerprint density at radius 2 is 1.83 bits per heavy atom. The van der Waals surface area contributed by atoms with Gasteiger partial charge in [-0.15, -0.1) is 0 Å². The summed E-state index contributed by atoms with van der Waals surface area (Å²) in [5, 5.41) is 9.59. The second kappa shape index (κ2) is 7.54. The molecule has 1 amide bonds. The summed E-state index contributed by atoms with van der Waals surface area (Å²) in [6, 6.07) is 6.98. The van der Waals surface area contributed by atoms with Gasteiger partial charge in [-0.2, -0.15) is 0 Å². The van der Waals surface area contributed by atoms with Crippen LogP contribution in [0.3, 0.4) is 0 Å². The molecule has 18 heavy (non-hydrogen) atoms. The van der Waals surface area contributed by atoms with Gasteiger partial charge in [0.15, 0.2) is 0 Å². The lowest BCUT2D eigenvalue weighted by Gasteiger charge is -2.19. The second-order valence-electron chi connectivity index (χ2n) is 4.22. The predicted octanol–water partition coefficient (Wildman–Crippen LogP) is 3.05. The molecule has 0 atom stereocenters. The van der Waals surface area contributed by atoms with E-state index in [2.05, 4.69) is 13.8 Å². The number of phenolic OH excluding ortho intramolecular Hbond substituents is 1. The van der Waals surface area contributed by atoms with Gasteiger partial charge in [-0.3, -0.25) is 4.79 Å². The maximum Gasteiger partial charge on any atom is 0.246 e. The fraction of sp³-hybridized carbons (Fsp3) is 0.400. The quantitative estimate of drug-likeness (QED) is 0.785. The number of carbonyl (C=O) groups excluding carboxylic acids is 1. The van der Waals surface area contributed by atoms with Crippen molar-refractivity contribution in [1.29, 1.82) is 0 Å². The van der Waals surface area contributed by atoms with Crippen LogP contribution < -0.4 is 0 Å². The zero-order valence-electron chi connectivity index (χ0n) is 11.1. The van der Waals surface area contributed by atoms with Crippen molar-refractivity contribution in [1.82, 2.24) is 4.90 Å². The molecule has 0 unspecified atom stereocenters. The normalized spacial score (nSPS) is 10.8. The molecule has 3 nitrogen and oxygen atoms in total. The largest absolute Gasteiger partial charge is 0.507 e. The minimum absolute atomic E-state index is 0.00181.